The number of carboxylic acids is 1. The van der Waals surface area contributed by atoms with Gasteiger partial charge in [0.15, 0.2) is 5.78 Å². The van der Waals surface area contributed by atoms with E-state index in [2.05, 4.69) is 0 Å². The van der Waals surface area contributed by atoms with Crippen LogP contribution in [0.1, 0.15) is 12.0 Å². The first-order valence-corrected chi connectivity index (χ1v) is 5.79. The van der Waals surface area contributed by atoms with Gasteiger partial charge in [-0.3, -0.25) is 9.59 Å². The lowest BCUT2D eigenvalue weighted by Crippen LogP contribution is -2.43. The van der Waals surface area contributed by atoms with E-state index in [0.717, 1.165) is 4.90 Å². The molecule has 0 saturated carbocycles. The smallest absolute Gasteiger partial charge is 0.326 e. The number of rotatable bonds is 4. The summed E-state index contributed by atoms with van der Waals surface area (Å²) in [4.78, 5) is 35.1. The lowest BCUT2D eigenvalue weighted by atomic mass is 10.0. The largest absolute Gasteiger partial charge is 0.508 e. The molecule has 6 heteroatoms. The van der Waals surface area contributed by atoms with E-state index in [0.29, 0.717) is 5.56 Å². The number of hydrogen-bond acceptors (Lipinski definition) is 4. The predicted octanol–water partition coefficient (Wildman–Crippen LogP) is 0.189. The van der Waals surface area contributed by atoms with Crippen molar-refractivity contribution >= 4 is 17.7 Å². The molecule has 2 N–H and O–H groups in total. The third-order valence-corrected chi connectivity index (χ3v) is 3.02. The third-order valence-electron chi connectivity index (χ3n) is 3.02. The second kappa shape index (κ2) is 5.09. The average molecular weight is 263 g/mol. The Morgan fingerprint density at radius 3 is 2.63 bits per heavy atom. The maximum atomic E-state index is 11.6. The summed E-state index contributed by atoms with van der Waals surface area (Å²) in [7, 11) is 0. The Kier molecular flexibility index (Phi) is 3.50. The summed E-state index contributed by atoms with van der Waals surface area (Å²) in [5, 5.41) is 18.5. The van der Waals surface area contributed by atoms with Crippen LogP contribution in [0.2, 0.25) is 0 Å². The number of aliphatic carboxylic acids is 1. The number of phenols is 1. The maximum absolute atomic E-state index is 11.6. The Labute approximate surface area is 109 Å². The summed E-state index contributed by atoms with van der Waals surface area (Å²) < 4.78 is 0. The first kappa shape index (κ1) is 13.1. The number of hydrogen-bond donors (Lipinski definition) is 2. The Balaban J connectivity index is 2.19. The van der Waals surface area contributed by atoms with E-state index in [1.165, 1.54) is 12.1 Å². The number of carbonyl (C=O) groups excluding carboxylic acids is 2. The van der Waals surface area contributed by atoms with Crippen molar-refractivity contribution in [1.82, 2.24) is 4.90 Å². The minimum Gasteiger partial charge on any atom is -0.508 e. The summed E-state index contributed by atoms with van der Waals surface area (Å²) in [6, 6.07) is 5.10. The van der Waals surface area contributed by atoms with Crippen LogP contribution >= 0.6 is 0 Å². The highest BCUT2D eigenvalue weighted by atomic mass is 16.4. The van der Waals surface area contributed by atoms with Crippen LogP contribution in [0.5, 0.6) is 5.75 Å². The van der Waals surface area contributed by atoms with Crippen molar-refractivity contribution in [3.8, 4) is 5.75 Å². The molecule has 0 radical (unpaired) electrons. The molecular formula is C13H13NO5. The molecule has 0 spiro atoms. The number of Topliss-reactive ketones (excluding diaryl/α,β-unsaturated/α-hetero) is 1. The molecule has 1 aliphatic heterocycles. The fraction of sp³-hybridized carbons (Fsp3) is 0.308. The minimum absolute atomic E-state index is 0.0328. The Bertz CT molecular complexity index is 540. The zero-order chi connectivity index (χ0) is 14.0. The zero-order valence-electron chi connectivity index (χ0n) is 10.1. The van der Waals surface area contributed by atoms with Gasteiger partial charge < -0.3 is 15.1 Å². The Morgan fingerprint density at radius 1 is 1.37 bits per heavy atom. The van der Waals surface area contributed by atoms with Crippen LogP contribution in [-0.2, 0) is 20.8 Å². The van der Waals surface area contributed by atoms with E-state index in [1.54, 1.807) is 12.1 Å². The lowest BCUT2D eigenvalue weighted by Gasteiger charge is -2.23. The van der Waals surface area contributed by atoms with Gasteiger partial charge in [-0.05, 0) is 17.7 Å². The van der Waals surface area contributed by atoms with E-state index in [-0.39, 0.29) is 30.9 Å². The molecule has 0 bridgehead atoms. The van der Waals surface area contributed by atoms with Gasteiger partial charge in [-0.25, -0.2) is 4.79 Å². The van der Waals surface area contributed by atoms with Gasteiger partial charge in [0, 0.05) is 6.42 Å². The summed E-state index contributed by atoms with van der Waals surface area (Å²) in [5.74, 6) is -1.86. The molecule has 1 aliphatic rings. The number of carbonyl (C=O) groups is 3. The monoisotopic (exact) mass is 263 g/mol. The molecule has 19 heavy (non-hydrogen) atoms. The van der Waals surface area contributed by atoms with Gasteiger partial charge in [0.25, 0.3) is 0 Å². The van der Waals surface area contributed by atoms with Crippen LogP contribution < -0.4 is 0 Å². The molecule has 1 fully saturated rings. The standard InChI is InChI=1S/C13H13NO5/c15-9-3-1-2-8(4-9)5-11(13(18)19)14-7-10(16)6-12(14)17/h1-4,11,15H,5-7H2,(H,18,19)/t11-/m0/s1. The van der Waals surface area contributed by atoms with Crippen molar-refractivity contribution < 1.29 is 24.6 Å². The molecular weight excluding hydrogens is 250 g/mol. The highest BCUT2D eigenvalue weighted by molar-refractivity contribution is 6.06. The molecule has 0 aromatic heterocycles. The maximum Gasteiger partial charge on any atom is 0.326 e. The van der Waals surface area contributed by atoms with Crippen molar-refractivity contribution in [2.24, 2.45) is 0 Å². The van der Waals surface area contributed by atoms with Gasteiger partial charge in [-0.1, -0.05) is 12.1 Å². The van der Waals surface area contributed by atoms with Crippen molar-refractivity contribution in [3.63, 3.8) is 0 Å². The second-order valence-electron chi connectivity index (χ2n) is 4.47. The molecule has 1 atom stereocenters. The third kappa shape index (κ3) is 2.90. The molecule has 2 rings (SSSR count). The molecule has 100 valence electrons. The number of likely N-dealkylation sites (tertiary alicyclic amines) is 1. The topological polar surface area (TPSA) is 94.9 Å². The van der Waals surface area contributed by atoms with E-state index >= 15 is 0 Å². The number of ketones is 1. The van der Waals surface area contributed by atoms with Crippen LogP contribution in [0, 0.1) is 0 Å². The van der Waals surface area contributed by atoms with Crippen LogP contribution in [0.3, 0.4) is 0 Å². The minimum atomic E-state index is -1.16. The lowest BCUT2D eigenvalue weighted by molar-refractivity contribution is -0.148. The molecule has 0 aliphatic carbocycles. The summed E-state index contributed by atoms with van der Waals surface area (Å²) in [5.41, 5.74) is 0.597. The first-order chi connectivity index (χ1) is 8.97. The van der Waals surface area contributed by atoms with Gasteiger partial charge in [-0.15, -0.1) is 0 Å². The Morgan fingerprint density at radius 2 is 2.11 bits per heavy atom. The van der Waals surface area contributed by atoms with Crippen LogP contribution in [0.25, 0.3) is 0 Å². The van der Waals surface area contributed by atoms with Crippen LogP contribution in [-0.4, -0.2) is 45.4 Å². The molecule has 6 nitrogen and oxygen atoms in total. The van der Waals surface area contributed by atoms with E-state index in [1.807, 2.05) is 0 Å². The van der Waals surface area contributed by atoms with Gasteiger partial charge >= 0.3 is 5.97 Å². The second-order valence-corrected chi connectivity index (χ2v) is 4.47. The van der Waals surface area contributed by atoms with Gasteiger partial charge in [-0.2, -0.15) is 0 Å². The van der Waals surface area contributed by atoms with Crippen molar-refractivity contribution in [3.05, 3.63) is 29.8 Å². The fourth-order valence-electron chi connectivity index (χ4n) is 2.13. The number of carboxylic acid groups (broad SMARTS) is 1. The Hall–Kier alpha value is -2.37. The zero-order valence-corrected chi connectivity index (χ0v) is 10.1. The highest BCUT2D eigenvalue weighted by Gasteiger charge is 2.36. The van der Waals surface area contributed by atoms with E-state index in [4.69, 9.17) is 0 Å². The molecule has 1 saturated heterocycles. The van der Waals surface area contributed by atoms with Gasteiger partial charge in [0.05, 0.1) is 13.0 Å². The SMILES string of the molecule is O=C1CC(=O)N([C@@H](Cc2cccc(O)c2)C(=O)O)C1. The van der Waals surface area contributed by atoms with Crippen molar-refractivity contribution in [2.45, 2.75) is 18.9 Å². The molecule has 1 aromatic carbocycles. The van der Waals surface area contributed by atoms with Gasteiger partial charge in [0.2, 0.25) is 5.91 Å². The van der Waals surface area contributed by atoms with E-state index < -0.39 is 17.9 Å². The van der Waals surface area contributed by atoms with Gasteiger partial charge in [0.1, 0.15) is 11.8 Å². The number of benzene rings is 1. The quantitative estimate of drug-likeness (QED) is 0.756. The number of phenolic OH excluding ortho intramolecular Hbond substituents is 1. The number of aromatic hydroxyl groups is 1. The molecule has 1 aromatic rings. The number of nitrogens with zero attached hydrogens (tertiary/aromatic N) is 1. The van der Waals surface area contributed by atoms with E-state index in [9.17, 15) is 24.6 Å². The molecule has 0 unspecified atom stereocenters. The predicted molar refractivity (Wildman–Crippen MR) is 64.6 cm³/mol. The summed E-state index contributed by atoms with van der Waals surface area (Å²) >= 11 is 0. The van der Waals surface area contributed by atoms with Crippen LogP contribution in [0.4, 0.5) is 0 Å². The summed E-state index contributed by atoms with van der Waals surface area (Å²) in [6.45, 7) is -0.158. The van der Waals surface area contributed by atoms with Crippen molar-refractivity contribution in [1.29, 1.82) is 0 Å². The highest BCUT2D eigenvalue weighted by Crippen LogP contribution is 2.18. The summed E-state index contributed by atoms with van der Waals surface area (Å²) in [6.07, 6.45) is -0.174. The van der Waals surface area contributed by atoms with Crippen LogP contribution in [0.15, 0.2) is 24.3 Å². The first-order valence-electron chi connectivity index (χ1n) is 5.79. The fourth-order valence-corrected chi connectivity index (χ4v) is 2.13. The average Bonchev–Trinajstić information content (AvgIpc) is 2.65. The normalized spacial score (nSPS) is 16.7. The number of amides is 1. The molecule has 1 heterocycles. The molecule has 1 amide bonds. The van der Waals surface area contributed by atoms with Crippen molar-refractivity contribution in [2.75, 3.05) is 6.54 Å².